The molecule has 2 unspecified atom stereocenters. The van der Waals surface area contributed by atoms with Crippen molar-refractivity contribution in [3.05, 3.63) is 12.0 Å². The molecule has 1 aromatic heterocycles. The molecule has 6 nitrogen and oxygen atoms in total. The predicted molar refractivity (Wildman–Crippen MR) is 83.2 cm³/mol. The Bertz CT molecular complexity index is 563. The van der Waals surface area contributed by atoms with Gasteiger partial charge in [0, 0.05) is 31.2 Å². The van der Waals surface area contributed by atoms with Crippen LogP contribution >= 0.6 is 12.4 Å². The van der Waals surface area contributed by atoms with Gasteiger partial charge in [-0.15, -0.1) is 12.4 Å². The number of sulfonamides is 1. The highest BCUT2D eigenvalue weighted by atomic mass is 35.5. The van der Waals surface area contributed by atoms with Crippen LogP contribution in [0.25, 0.3) is 0 Å². The lowest BCUT2D eigenvalue weighted by atomic mass is 10.0. The molecular weight excluding hydrogens is 312 g/mol. The second-order valence-corrected chi connectivity index (χ2v) is 7.50. The first-order chi connectivity index (χ1) is 9.54. The second kappa shape index (κ2) is 6.64. The quantitative estimate of drug-likeness (QED) is 0.866. The molecule has 120 valence electrons. The molecule has 0 bridgehead atoms. The van der Waals surface area contributed by atoms with Gasteiger partial charge in [-0.25, -0.2) is 18.1 Å². The molecule has 0 amide bonds. The maximum Gasteiger partial charge on any atom is 0.259 e. The number of rotatable bonds is 3. The van der Waals surface area contributed by atoms with Crippen molar-refractivity contribution < 1.29 is 8.42 Å². The molecule has 3 heterocycles. The molecule has 2 aliphatic rings. The fraction of sp³-hybridized carbons (Fsp3) is 0.769. The lowest BCUT2D eigenvalue weighted by Crippen LogP contribution is -2.46. The predicted octanol–water partition coefficient (Wildman–Crippen LogP) is 1.06. The zero-order chi connectivity index (χ0) is 14.2. The molecule has 3 rings (SSSR count). The van der Waals surface area contributed by atoms with Crippen LogP contribution in [0.15, 0.2) is 11.2 Å². The van der Waals surface area contributed by atoms with E-state index in [0.29, 0.717) is 6.04 Å². The Balaban J connectivity index is 0.00000161. The van der Waals surface area contributed by atoms with Crippen molar-refractivity contribution in [1.82, 2.24) is 19.6 Å². The van der Waals surface area contributed by atoms with Crippen LogP contribution in [0, 0.1) is 0 Å². The first-order valence-corrected chi connectivity index (χ1v) is 8.85. The topological polar surface area (TPSA) is 76.0 Å². The number of piperidine rings is 1. The van der Waals surface area contributed by atoms with Crippen molar-refractivity contribution >= 4 is 22.4 Å². The number of nitrogens with one attached hydrogen (secondary N) is 2. The number of hydrogen-bond donors (Lipinski definition) is 2. The molecule has 8 heteroatoms. The average Bonchev–Trinajstić information content (AvgIpc) is 2.82. The van der Waals surface area contributed by atoms with E-state index in [1.165, 1.54) is 0 Å². The van der Waals surface area contributed by atoms with Crippen molar-refractivity contribution in [2.24, 2.45) is 0 Å². The maximum absolute atomic E-state index is 12.4. The molecule has 1 fully saturated rings. The maximum atomic E-state index is 12.4. The summed E-state index contributed by atoms with van der Waals surface area (Å²) in [6.45, 7) is 3.81. The van der Waals surface area contributed by atoms with E-state index in [1.807, 2.05) is 4.57 Å². The van der Waals surface area contributed by atoms with Gasteiger partial charge in [-0.2, -0.15) is 0 Å². The molecule has 0 saturated carbocycles. The van der Waals surface area contributed by atoms with Gasteiger partial charge in [0.05, 0.1) is 0 Å². The van der Waals surface area contributed by atoms with Gasteiger partial charge in [0.25, 0.3) is 10.0 Å². The van der Waals surface area contributed by atoms with Crippen LogP contribution in [-0.2, 0) is 23.0 Å². The van der Waals surface area contributed by atoms with Crippen molar-refractivity contribution in [2.45, 2.75) is 62.7 Å². The third-order valence-electron chi connectivity index (χ3n) is 4.11. The normalized spacial score (nSPS) is 26.0. The van der Waals surface area contributed by atoms with E-state index < -0.39 is 10.0 Å². The van der Waals surface area contributed by atoms with E-state index in [-0.39, 0.29) is 23.5 Å². The number of imidazole rings is 1. The van der Waals surface area contributed by atoms with E-state index in [2.05, 4.69) is 21.9 Å². The Morgan fingerprint density at radius 3 is 2.95 bits per heavy atom. The Hall–Kier alpha value is -0.630. The van der Waals surface area contributed by atoms with Gasteiger partial charge in [-0.1, -0.05) is 0 Å². The van der Waals surface area contributed by atoms with Crippen molar-refractivity contribution in [3.63, 3.8) is 0 Å². The van der Waals surface area contributed by atoms with Crippen molar-refractivity contribution in [1.29, 1.82) is 0 Å². The molecule has 2 atom stereocenters. The molecule has 2 aliphatic heterocycles. The van der Waals surface area contributed by atoms with Crippen LogP contribution in [0.1, 0.15) is 38.4 Å². The molecule has 0 spiro atoms. The minimum atomic E-state index is -3.49. The summed E-state index contributed by atoms with van der Waals surface area (Å²) < 4.78 is 29.6. The first-order valence-electron chi connectivity index (χ1n) is 7.36. The lowest BCUT2D eigenvalue weighted by molar-refractivity contribution is 0.361. The van der Waals surface area contributed by atoms with Crippen LogP contribution in [0.2, 0.25) is 0 Å². The standard InChI is InChI=1S/C13H22N4O2S.ClH/c1-10-8-11(5-6-14-10)16-20(18,19)13-9-17-7-3-2-4-12(17)15-13;/h9-11,14,16H,2-8H2,1H3;1H. The Morgan fingerprint density at radius 2 is 2.24 bits per heavy atom. The van der Waals surface area contributed by atoms with E-state index in [1.54, 1.807) is 6.20 Å². The highest BCUT2D eigenvalue weighted by Gasteiger charge is 2.27. The number of nitrogens with zero attached hydrogens (tertiary/aromatic N) is 2. The average molecular weight is 335 g/mol. The van der Waals surface area contributed by atoms with Gasteiger partial charge in [0.15, 0.2) is 5.03 Å². The number of fused-ring (bicyclic) bond motifs is 1. The summed E-state index contributed by atoms with van der Waals surface area (Å²) in [5.74, 6) is 0.898. The summed E-state index contributed by atoms with van der Waals surface area (Å²) in [5.41, 5.74) is 0. The van der Waals surface area contributed by atoms with E-state index in [4.69, 9.17) is 0 Å². The summed E-state index contributed by atoms with van der Waals surface area (Å²) in [4.78, 5) is 4.30. The third-order valence-corrected chi connectivity index (χ3v) is 5.50. The number of hydrogen-bond acceptors (Lipinski definition) is 4. The molecule has 1 aromatic rings. The molecule has 0 aliphatic carbocycles. The van der Waals surface area contributed by atoms with Crippen LogP contribution in [0.5, 0.6) is 0 Å². The Kier molecular flexibility index (Phi) is 5.29. The molecule has 2 N–H and O–H groups in total. The second-order valence-electron chi connectivity index (χ2n) is 5.84. The fourth-order valence-electron chi connectivity index (χ4n) is 3.03. The molecule has 1 saturated heterocycles. The molecule has 0 radical (unpaired) electrons. The SMILES string of the molecule is CC1CC(NS(=O)(=O)c2cn3c(n2)CCCC3)CCN1.Cl. The lowest BCUT2D eigenvalue weighted by Gasteiger charge is -2.28. The summed E-state index contributed by atoms with van der Waals surface area (Å²) in [7, 11) is -3.49. The van der Waals surface area contributed by atoms with Gasteiger partial charge in [0.1, 0.15) is 5.82 Å². The summed E-state index contributed by atoms with van der Waals surface area (Å²) in [6, 6.07) is 0.363. The fourth-order valence-corrected chi connectivity index (χ4v) is 4.30. The number of halogens is 1. The van der Waals surface area contributed by atoms with Gasteiger partial charge in [0.2, 0.25) is 0 Å². The zero-order valence-corrected chi connectivity index (χ0v) is 13.8. The number of aryl methyl sites for hydroxylation is 2. The van der Waals surface area contributed by atoms with E-state index in [0.717, 1.165) is 51.0 Å². The number of aromatic nitrogens is 2. The highest BCUT2D eigenvalue weighted by Crippen LogP contribution is 2.18. The van der Waals surface area contributed by atoms with E-state index in [9.17, 15) is 8.42 Å². The van der Waals surface area contributed by atoms with Gasteiger partial charge >= 0.3 is 0 Å². The first kappa shape index (κ1) is 16.7. The minimum absolute atomic E-state index is 0. The smallest absolute Gasteiger partial charge is 0.259 e. The van der Waals surface area contributed by atoms with Crippen LogP contribution < -0.4 is 10.0 Å². The van der Waals surface area contributed by atoms with Crippen molar-refractivity contribution in [3.8, 4) is 0 Å². The van der Waals surface area contributed by atoms with Gasteiger partial charge in [-0.3, -0.25) is 0 Å². The monoisotopic (exact) mass is 334 g/mol. The summed E-state index contributed by atoms with van der Waals surface area (Å²) >= 11 is 0. The van der Waals surface area contributed by atoms with Crippen LogP contribution in [0.4, 0.5) is 0 Å². The largest absolute Gasteiger partial charge is 0.333 e. The minimum Gasteiger partial charge on any atom is -0.333 e. The van der Waals surface area contributed by atoms with Crippen LogP contribution in [-0.4, -0.2) is 36.6 Å². The van der Waals surface area contributed by atoms with E-state index >= 15 is 0 Å². The third kappa shape index (κ3) is 3.77. The summed E-state index contributed by atoms with van der Waals surface area (Å²) in [6.07, 6.45) is 6.41. The summed E-state index contributed by atoms with van der Waals surface area (Å²) in [5, 5.41) is 3.50. The Labute approximate surface area is 132 Å². The Morgan fingerprint density at radius 1 is 1.43 bits per heavy atom. The zero-order valence-electron chi connectivity index (χ0n) is 12.2. The molecule has 21 heavy (non-hydrogen) atoms. The van der Waals surface area contributed by atoms with Crippen LogP contribution in [0.3, 0.4) is 0 Å². The van der Waals surface area contributed by atoms with Gasteiger partial charge in [-0.05, 0) is 39.2 Å². The van der Waals surface area contributed by atoms with Gasteiger partial charge < -0.3 is 9.88 Å². The highest BCUT2D eigenvalue weighted by molar-refractivity contribution is 7.89. The van der Waals surface area contributed by atoms with Crippen molar-refractivity contribution in [2.75, 3.05) is 6.54 Å². The molecular formula is C13H23ClN4O2S. The molecule has 0 aromatic carbocycles.